The number of amidine groups is 1. The molecule has 0 aliphatic carbocycles. The molecular formula is C10H10N4S2. The molecule has 0 atom stereocenters. The quantitative estimate of drug-likeness (QED) is 0.647. The van der Waals surface area contributed by atoms with Gasteiger partial charge in [-0.05, 0) is 13.0 Å². The van der Waals surface area contributed by atoms with Gasteiger partial charge in [0.15, 0.2) is 4.34 Å². The van der Waals surface area contributed by atoms with E-state index in [0.29, 0.717) is 0 Å². The van der Waals surface area contributed by atoms with Gasteiger partial charge in [0.05, 0.1) is 0 Å². The van der Waals surface area contributed by atoms with Crippen LogP contribution in [0.4, 0.5) is 0 Å². The van der Waals surface area contributed by atoms with Crippen molar-refractivity contribution >= 4 is 28.9 Å². The Morgan fingerprint density at radius 1 is 1.38 bits per heavy atom. The molecule has 1 heterocycles. The number of nitrogens with one attached hydrogen (secondary N) is 1. The highest BCUT2D eigenvalue weighted by molar-refractivity contribution is 8.01. The fourth-order valence-electron chi connectivity index (χ4n) is 1.19. The number of nitrogens with two attached hydrogens (primary N) is 1. The summed E-state index contributed by atoms with van der Waals surface area (Å²) < 4.78 is 0.867. The summed E-state index contributed by atoms with van der Waals surface area (Å²) in [5, 5.41) is 16.4. The number of hydrogen-bond donors (Lipinski definition) is 2. The van der Waals surface area contributed by atoms with Crippen LogP contribution in [0.5, 0.6) is 0 Å². The Kier molecular flexibility index (Phi) is 3.21. The molecule has 1 aromatic heterocycles. The second-order valence-corrected chi connectivity index (χ2v) is 5.57. The lowest BCUT2D eigenvalue weighted by molar-refractivity contribution is 0.983. The Labute approximate surface area is 101 Å². The number of nitrogens with zero attached hydrogens (tertiary/aromatic N) is 2. The average molecular weight is 250 g/mol. The first-order valence-electron chi connectivity index (χ1n) is 4.58. The topological polar surface area (TPSA) is 75.7 Å². The number of benzene rings is 1. The minimum absolute atomic E-state index is 0.0735. The third-order valence-corrected chi connectivity index (χ3v) is 3.85. The predicted octanol–water partition coefficient (Wildman–Crippen LogP) is 2.28. The van der Waals surface area contributed by atoms with Gasteiger partial charge in [-0.25, -0.2) is 0 Å². The molecule has 0 saturated heterocycles. The zero-order valence-corrected chi connectivity index (χ0v) is 10.2. The Bertz CT molecular complexity index is 521. The van der Waals surface area contributed by atoms with E-state index in [1.54, 1.807) is 0 Å². The maximum atomic E-state index is 7.48. The van der Waals surface area contributed by atoms with Crippen molar-refractivity contribution in [1.82, 2.24) is 10.2 Å². The fourth-order valence-corrected chi connectivity index (χ4v) is 3.11. The summed E-state index contributed by atoms with van der Waals surface area (Å²) in [6.45, 7) is 1.92. The van der Waals surface area contributed by atoms with Crippen LogP contribution in [0.1, 0.15) is 10.6 Å². The van der Waals surface area contributed by atoms with Crippen molar-refractivity contribution in [2.24, 2.45) is 5.73 Å². The standard InChI is InChI=1S/C10H10N4S2/c1-6-13-14-10(15-6)16-8-5-3-2-4-7(8)9(11)12/h2-5H,1H3,(H3,11,12). The molecule has 0 amide bonds. The van der Waals surface area contributed by atoms with E-state index in [0.717, 1.165) is 19.8 Å². The summed E-state index contributed by atoms with van der Waals surface area (Å²) in [6.07, 6.45) is 0. The summed E-state index contributed by atoms with van der Waals surface area (Å²) >= 11 is 3.02. The number of aromatic nitrogens is 2. The van der Waals surface area contributed by atoms with E-state index in [1.807, 2.05) is 31.2 Å². The highest BCUT2D eigenvalue weighted by Gasteiger charge is 2.08. The van der Waals surface area contributed by atoms with Crippen LogP contribution < -0.4 is 5.73 Å². The minimum atomic E-state index is 0.0735. The Balaban J connectivity index is 2.31. The van der Waals surface area contributed by atoms with Crippen LogP contribution in [0.15, 0.2) is 33.5 Å². The molecule has 6 heteroatoms. The number of aryl methyl sites for hydroxylation is 1. The second-order valence-electron chi connectivity index (χ2n) is 3.10. The van der Waals surface area contributed by atoms with Gasteiger partial charge in [-0.2, -0.15) is 0 Å². The molecule has 3 N–H and O–H groups in total. The summed E-state index contributed by atoms with van der Waals surface area (Å²) in [5.74, 6) is 0.0735. The van der Waals surface area contributed by atoms with Gasteiger partial charge in [-0.3, -0.25) is 5.41 Å². The largest absolute Gasteiger partial charge is 0.384 e. The third kappa shape index (κ3) is 2.40. The van der Waals surface area contributed by atoms with Crippen LogP contribution in [0.25, 0.3) is 0 Å². The van der Waals surface area contributed by atoms with E-state index in [1.165, 1.54) is 23.1 Å². The number of hydrogen-bond acceptors (Lipinski definition) is 5. The number of rotatable bonds is 3. The molecule has 0 aliphatic rings. The van der Waals surface area contributed by atoms with E-state index in [4.69, 9.17) is 11.1 Å². The van der Waals surface area contributed by atoms with Crippen LogP contribution in [-0.2, 0) is 0 Å². The molecule has 0 spiro atoms. The van der Waals surface area contributed by atoms with E-state index in [-0.39, 0.29) is 5.84 Å². The first-order valence-corrected chi connectivity index (χ1v) is 6.21. The van der Waals surface area contributed by atoms with E-state index in [9.17, 15) is 0 Å². The molecule has 1 aromatic carbocycles. The summed E-state index contributed by atoms with van der Waals surface area (Å²) in [6, 6.07) is 7.55. The average Bonchev–Trinajstić information content (AvgIpc) is 2.64. The van der Waals surface area contributed by atoms with Crippen LogP contribution in [-0.4, -0.2) is 16.0 Å². The van der Waals surface area contributed by atoms with Crippen LogP contribution in [0, 0.1) is 12.3 Å². The maximum absolute atomic E-state index is 7.48. The second kappa shape index (κ2) is 4.63. The summed E-state index contributed by atoms with van der Waals surface area (Å²) in [4.78, 5) is 0.936. The molecule has 0 unspecified atom stereocenters. The van der Waals surface area contributed by atoms with Gasteiger partial charge in [-0.1, -0.05) is 41.3 Å². The van der Waals surface area contributed by atoms with E-state index < -0.39 is 0 Å². The lowest BCUT2D eigenvalue weighted by atomic mass is 10.2. The third-order valence-electron chi connectivity index (χ3n) is 1.88. The predicted molar refractivity (Wildman–Crippen MR) is 66.2 cm³/mol. The zero-order valence-electron chi connectivity index (χ0n) is 8.60. The molecule has 82 valence electrons. The normalized spacial score (nSPS) is 10.3. The minimum Gasteiger partial charge on any atom is -0.384 e. The Morgan fingerprint density at radius 3 is 2.75 bits per heavy atom. The van der Waals surface area contributed by atoms with Crippen molar-refractivity contribution in [2.45, 2.75) is 16.2 Å². The molecule has 0 radical (unpaired) electrons. The fraction of sp³-hybridized carbons (Fsp3) is 0.100. The molecule has 0 bridgehead atoms. The van der Waals surface area contributed by atoms with Crippen LogP contribution >= 0.6 is 23.1 Å². The lowest BCUT2D eigenvalue weighted by Gasteiger charge is -2.04. The van der Waals surface area contributed by atoms with Crippen molar-refractivity contribution in [2.75, 3.05) is 0 Å². The highest BCUT2D eigenvalue weighted by Crippen LogP contribution is 2.31. The first-order chi connectivity index (χ1) is 7.66. The van der Waals surface area contributed by atoms with Gasteiger partial charge in [0, 0.05) is 10.5 Å². The molecule has 0 aliphatic heterocycles. The Hall–Kier alpha value is -1.40. The van der Waals surface area contributed by atoms with Crippen LogP contribution in [0.2, 0.25) is 0 Å². The summed E-state index contributed by atoms with van der Waals surface area (Å²) in [5.41, 5.74) is 6.25. The van der Waals surface area contributed by atoms with Gasteiger partial charge in [0.2, 0.25) is 0 Å². The van der Waals surface area contributed by atoms with Gasteiger partial charge in [-0.15, -0.1) is 10.2 Å². The van der Waals surface area contributed by atoms with Crippen molar-refractivity contribution in [3.8, 4) is 0 Å². The monoisotopic (exact) mass is 250 g/mol. The van der Waals surface area contributed by atoms with Gasteiger partial charge < -0.3 is 5.73 Å². The Morgan fingerprint density at radius 2 is 2.12 bits per heavy atom. The number of nitrogen functional groups attached to an aromatic ring is 1. The van der Waals surface area contributed by atoms with Gasteiger partial charge in [0.1, 0.15) is 10.8 Å². The lowest BCUT2D eigenvalue weighted by Crippen LogP contribution is -2.11. The van der Waals surface area contributed by atoms with Crippen molar-refractivity contribution in [1.29, 1.82) is 5.41 Å². The molecule has 0 fully saturated rings. The van der Waals surface area contributed by atoms with Crippen LogP contribution in [0.3, 0.4) is 0 Å². The van der Waals surface area contributed by atoms with E-state index in [2.05, 4.69) is 10.2 Å². The van der Waals surface area contributed by atoms with Crippen molar-refractivity contribution in [3.63, 3.8) is 0 Å². The molecule has 0 saturated carbocycles. The molecule has 16 heavy (non-hydrogen) atoms. The smallest absolute Gasteiger partial charge is 0.179 e. The van der Waals surface area contributed by atoms with Gasteiger partial charge in [0.25, 0.3) is 0 Å². The van der Waals surface area contributed by atoms with E-state index >= 15 is 0 Å². The first kappa shape index (κ1) is 11.1. The van der Waals surface area contributed by atoms with Crippen molar-refractivity contribution in [3.05, 3.63) is 34.8 Å². The van der Waals surface area contributed by atoms with Gasteiger partial charge >= 0.3 is 0 Å². The molecule has 4 nitrogen and oxygen atoms in total. The molecule has 2 aromatic rings. The maximum Gasteiger partial charge on any atom is 0.179 e. The SMILES string of the molecule is Cc1nnc(Sc2ccccc2C(=N)N)s1. The molecule has 2 rings (SSSR count). The highest BCUT2D eigenvalue weighted by atomic mass is 32.2. The zero-order chi connectivity index (χ0) is 11.5. The van der Waals surface area contributed by atoms with Crippen molar-refractivity contribution < 1.29 is 0 Å². The molecular weight excluding hydrogens is 240 g/mol. The summed E-state index contributed by atoms with van der Waals surface area (Å²) in [7, 11) is 0.